The molecular formula is C23H24N2O7. The number of hydrogen-bond donors (Lipinski definition) is 7. The lowest BCUT2D eigenvalue weighted by Crippen LogP contribution is -2.59. The van der Waals surface area contributed by atoms with Crippen LogP contribution in [0.25, 0.3) is 12.2 Å². The summed E-state index contributed by atoms with van der Waals surface area (Å²) in [5.41, 5.74) is -0.654. The van der Waals surface area contributed by atoms with Crippen LogP contribution in [-0.4, -0.2) is 49.1 Å². The summed E-state index contributed by atoms with van der Waals surface area (Å²) >= 11 is 0. The predicted octanol–water partition coefficient (Wildman–Crippen LogP) is 1.71. The fourth-order valence-electron chi connectivity index (χ4n) is 3.44. The van der Waals surface area contributed by atoms with E-state index in [4.69, 9.17) is 0 Å². The lowest BCUT2D eigenvalue weighted by atomic mass is 10.1. The van der Waals surface area contributed by atoms with Crippen molar-refractivity contribution in [2.75, 3.05) is 0 Å². The van der Waals surface area contributed by atoms with E-state index >= 15 is 0 Å². The summed E-state index contributed by atoms with van der Waals surface area (Å²) in [6.45, 7) is 0. The molecule has 32 heavy (non-hydrogen) atoms. The molecular weight excluding hydrogens is 416 g/mol. The Morgan fingerprint density at radius 3 is 1.91 bits per heavy atom. The van der Waals surface area contributed by atoms with Gasteiger partial charge in [-0.1, -0.05) is 12.1 Å². The molecule has 2 aromatic carbocycles. The number of aliphatic hydroxyl groups is 1. The van der Waals surface area contributed by atoms with Crippen LogP contribution in [0, 0.1) is 0 Å². The summed E-state index contributed by atoms with van der Waals surface area (Å²) < 4.78 is 0. The Kier molecular flexibility index (Phi) is 6.70. The van der Waals surface area contributed by atoms with Crippen LogP contribution in [0.4, 0.5) is 0 Å². The molecule has 1 fully saturated rings. The quantitative estimate of drug-likeness (QED) is 0.204. The lowest BCUT2D eigenvalue weighted by molar-refractivity contribution is -0.128. The van der Waals surface area contributed by atoms with Gasteiger partial charge in [-0.15, -0.1) is 0 Å². The third kappa shape index (κ3) is 5.58. The van der Waals surface area contributed by atoms with E-state index in [0.717, 1.165) is 0 Å². The van der Waals surface area contributed by atoms with E-state index in [9.17, 15) is 35.1 Å². The highest BCUT2D eigenvalue weighted by Crippen LogP contribution is 2.29. The molecule has 0 aromatic heterocycles. The van der Waals surface area contributed by atoms with Crippen molar-refractivity contribution in [2.24, 2.45) is 0 Å². The molecule has 2 amide bonds. The van der Waals surface area contributed by atoms with Crippen molar-refractivity contribution in [2.45, 2.75) is 31.0 Å². The molecule has 2 unspecified atom stereocenters. The molecule has 0 aliphatic heterocycles. The number of carbonyl (C=O) groups is 2. The van der Waals surface area contributed by atoms with Gasteiger partial charge in [0.05, 0.1) is 6.04 Å². The molecule has 0 saturated heterocycles. The van der Waals surface area contributed by atoms with E-state index in [1.165, 1.54) is 60.7 Å². The molecule has 2 atom stereocenters. The summed E-state index contributed by atoms with van der Waals surface area (Å²) in [7, 11) is 0. The molecule has 3 rings (SSSR count). The Morgan fingerprint density at radius 1 is 0.844 bits per heavy atom. The van der Waals surface area contributed by atoms with E-state index in [2.05, 4.69) is 10.6 Å². The fourth-order valence-corrected chi connectivity index (χ4v) is 3.44. The number of aromatic hydroxyl groups is 4. The van der Waals surface area contributed by atoms with Crippen LogP contribution in [0.5, 0.6) is 23.0 Å². The van der Waals surface area contributed by atoms with Crippen molar-refractivity contribution in [3.8, 4) is 23.0 Å². The van der Waals surface area contributed by atoms with Crippen molar-refractivity contribution in [1.82, 2.24) is 10.6 Å². The summed E-state index contributed by atoms with van der Waals surface area (Å²) in [6, 6.07) is 7.49. The summed E-state index contributed by atoms with van der Waals surface area (Å²) in [4.78, 5) is 24.6. The highest BCUT2D eigenvalue weighted by atomic mass is 16.3. The standard InChI is InChI=1S/C23H24N2O7/c26-16-7-3-14(12-18(16)28)5-9-21(30)24-20-2-1-11-23(20,32)25-22(31)10-6-15-4-8-17(27)19(29)13-15/h3-10,12-13,20,26-29,32H,1-2,11H2,(H,24,30)(H,25,31). The fraction of sp³-hybridized carbons (Fsp3) is 0.217. The second kappa shape index (κ2) is 9.44. The van der Waals surface area contributed by atoms with Crippen LogP contribution in [-0.2, 0) is 9.59 Å². The van der Waals surface area contributed by atoms with E-state index in [1.807, 2.05) is 0 Å². The maximum Gasteiger partial charge on any atom is 0.246 e. The van der Waals surface area contributed by atoms with Crippen molar-refractivity contribution < 1.29 is 35.1 Å². The molecule has 168 valence electrons. The van der Waals surface area contributed by atoms with Crippen molar-refractivity contribution in [3.05, 3.63) is 59.7 Å². The summed E-state index contributed by atoms with van der Waals surface area (Å²) in [5, 5.41) is 53.7. The molecule has 9 heteroatoms. The lowest BCUT2D eigenvalue weighted by Gasteiger charge is -2.31. The highest BCUT2D eigenvalue weighted by molar-refractivity contribution is 5.93. The third-order valence-electron chi connectivity index (χ3n) is 5.14. The number of phenols is 4. The van der Waals surface area contributed by atoms with Gasteiger partial charge in [-0.05, 0) is 66.8 Å². The number of carbonyl (C=O) groups excluding carboxylic acids is 2. The average Bonchev–Trinajstić information content (AvgIpc) is 3.09. The van der Waals surface area contributed by atoms with Gasteiger partial charge in [0.15, 0.2) is 28.7 Å². The normalized spacial score (nSPS) is 20.6. The highest BCUT2D eigenvalue weighted by Gasteiger charge is 2.42. The van der Waals surface area contributed by atoms with Crippen molar-refractivity contribution in [3.63, 3.8) is 0 Å². The van der Waals surface area contributed by atoms with Gasteiger partial charge in [-0.3, -0.25) is 9.59 Å². The van der Waals surface area contributed by atoms with Crippen LogP contribution in [0.3, 0.4) is 0 Å². The molecule has 7 N–H and O–H groups in total. The van der Waals surface area contributed by atoms with Gasteiger partial charge < -0.3 is 36.2 Å². The zero-order valence-corrected chi connectivity index (χ0v) is 17.0. The smallest absolute Gasteiger partial charge is 0.246 e. The molecule has 1 aliphatic rings. The number of amides is 2. The first-order valence-corrected chi connectivity index (χ1v) is 9.91. The first-order valence-electron chi connectivity index (χ1n) is 9.91. The van der Waals surface area contributed by atoms with Crippen LogP contribution in [0.1, 0.15) is 30.4 Å². The van der Waals surface area contributed by atoms with E-state index in [1.54, 1.807) is 0 Å². The molecule has 0 radical (unpaired) electrons. The number of benzene rings is 2. The molecule has 2 aromatic rings. The zero-order chi connectivity index (χ0) is 23.3. The number of hydrogen-bond acceptors (Lipinski definition) is 7. The topological polar surface area (TPSA) is 159 Å². The Bertz CT molecular complexity index is 1080. The van der Waals surface area contributed by atoms with Gasteiger partial charge in [0.25, 0.3) is 0 Å². The Labute approximate surface area is 184 Å². The van der Waals surface area contributed by atoms with Crippen LogP contribution in [0.15, 0.2) is 48.6 Å². The molecule has 0 heterocycles. The third-order valence-corrected chi connectivity index (χ3v) is 5.14. The number of phenolic OH excluding ortho intramolecular Hbond substituents is 4. The van der Waals surface area contributed by atoms with Crippen LogP contribution < -0.4 is 10.6 Å². The maximum absolute atomic E-state index is 12.3. The Morgan fingerprint density at radius 2 is 1.38 bits per heavy atom. The summed E-state index contributed by atoms with van der Waals surface area (Å²) in [6.07, 6.45) is 6.57. The first-order chi connectivity index (χ1) is 15.2. The maximum atomic E-state index is 12.3. The SMILES string of the molecule is O=C(C=Cc1ccc(O)c(O)c1)NC1CCCC1(O)NC(=O)C=Cc1ccc(O)c(O)c1. The van der Waals surface area contributed by atoms with Gasteiger partial charge in [-0.25, -0.2) is 0 Å². The van der Waals surface area contributed by atoms with E-state index in [-0.39, 0.29) is 29.4 Å². The average molecular weight is 440 g/mol. The minimum Gasteiger partial charge on any atom is -0.504 e. The van der Waals surface area contributed by atoms with Gasteiger partial charge in [0, 0.05) is 12.2 Å². The van der Waals surface area contributed by atoms with E-state index in [0.29, 0.717) is 24.0 Å². The summed E-state index contributed by atoms with van der Waals surface area (Å²) in [5.74, 6) is -2.25. The molecule has 1 aliphatic carbocycles. The van der Waals surface area contributed by atoms with E-state index < -0.39 is 23.6 Å². The molecule has 9 nitrogen and oxygen atoms in total. The molecule has 0 spiro atoms. The predicted molar refractivity (Wildman–Crippen MR) is 116 cm³/mol. The number of rotatable bonds is 6. The molecule has 0 bridgehead atoms. The van der Waals surface area contributed by atoms with Gasteiger partial charge in [0.1, 0.15) is 0 Å². The molecule has 1 saturated carbocycles. The van der Waals surface area contributed by atoms with Gasteiger partial charge in [0.2, 0.25) is 11.8 Å². The monoisotopic (exact) mass is 440 g/mol. The van der Waals surface area contributed by atoms with Gasteiger partial charge in [-0.2, -0.15) is 0 Å². The minimum absolute atomic E-state index is 0.257. The Hall–Kier alpha value is -3.98. The van der Waals surface area contributed by atoms with Gasteiger partial charge >= 0.3 is 0 Å². The second-order valence-corrected chi connectivity index (χ2v) is 7.53. The van der Waals surface area contributed by atoms with Crippen molar-refractivity contribution >= 4 is 24.0 Å². The largest absolute Gasteiger partial charge is 0.504 e. The van der Waals surface area contributed by atoms with Crippen molar-refractivity contribution in [1.29, 1.82) is 0 Å². The van der Waals surface area contributed by atoms with Crippen LogP contribution in [0.2, 0.25) is 0 Å². The second-order valence-electron chi connectivity index (χ2n) is 7.53. The minimum atomic E-state index is -1.63. The Balaban J connectivity index is 1.60. The number of nitrogens with one attached hydrogen (secondary N) is 2. The van der Waals surface area contributed by atoms with Crippen LogP contribution >= 0.6 is 0 Å². The first kappa shape index (κ1) is 22.7. The zero-order valence-electron chi connectivity index (χ0n) is 17.0.